The molecule has 0 spiro atoms. The summed E-state index contributed by atoms with van der Waals surface area (Å²) >= 11 is 0. The van der Waals surface area contributed by atoms with Gasteiger partial charge in [0.2, 0.25) is 0 Å². The molecule has 1 aromatic rings. The maximum Gasteiger partial charge on any atom is 0.115 e. The molecule has 0 saturated heterocycles. The topological polar surface area (TPSA) is 20.2 Å². The molecule has 0 aliphatic heterocycles. The quantitative estimate of drug-likeness (QED) is 0.254. The first-order valence-electron chi connectivity index (χ1n) is 12.0. The molecule has 1 heteroatoms. The van der Waals surface area contributed by atoms with Crippen LogP contribution in [0.5, 0.6) is 5.75 Å². The monoisotopic (exact) mass is 374 g/mol. The Hall–Kier alpha value is -0.980. The van der Waals surface area contributed by atoms with Crippen molar-refractivity contribution in [3.63, 3.8) is 0 Å². The minimum atomic E-state index is 0.382. The van der Waals surface area contributed by atoms with Crippen LogP contribution in [0.1, 0.15) is 122 Å². The molecule has 1 unspecified atom stereocenters. The fourth-order valence-corrected chi connectivity index (χ4v) is 4.09. The summed E-state index contributed by atoms with van der Waals surface area (Å²) in [6.07, 6.45) is 23.6. The van der Waals surface area contributed by atoms with E-state index in [0.29, 0.717) is 5.75 Å². The molecule has 0 fully saturated rings. The molecule has 0 aromatic heterocycles. The van der Waals surface area contributed by atoms with E-state index in [9.17, 15) is 5.11 Å². The first-order chi connectivity index (χ1) is 13.3. The van der Waals surface area contributed by atoms with E-state index in [1.54, 1.807) is 0 Å². The second-order valence-corrected chi connectivity index (χ2v) is 8.56. The van der Waals surface area contributed by atoms with Gasteiger partial charge < -0.3 is 5.11 Å². The summed E-state index contributed by atoms with van der Waals surface area (Å²) in [4.78, 5) is 0. The molecule has 0 aliphatic rings. The molecule has 156 valence electrons. The van der Waals surface area contributed by atoms with Crippen LogP contribution in [-0.4, -0.2) is 5.11 Å². The number of hydrogen-bond acceptors (Lipinski definition) is 1. The normalized spacial score (nSPS) is 12.4. The molecule has 1 aromatic carbocycles. The SMILES string of the molecule is CCCCCCCCCCCCC(CCCCCC)Cc1ccc(O)cc1. The number of aromatic hydroxyl groups is 1. The molecule has 0 bridgehead atoms. The molecule has 0 heterocycles. The van der Waals surface area contributed by atoms with Crippen LogP contribution in [0, 0.1) is 5.92 Å². The molecule has 1 atom stereocenters. The van der Waals surface area contributed by atoms with E-state index in [4.69, 9.17) is 0 Å². The zero-order valence-electron chi connectivity index (χ0n) is 18.4. The Morgan fingerprint density at radius 3 is 1.48 bits per heavy atom. The van der Waals surface area contributed by atoms with Crippen molar-refractivity contribution in [3.8, 4) is 5.75 Å². The number of phenolic OH excluding ortho intramolecular Hbond substituents is 1. The third-order valence-corrected chi connectivity index (χ3v) is 5.89. The van der Waals surface area contributed by atoms with Crippen molar-refractivity contribution >= 4 is 0 Å². The minimum Gasteiger partial charge on any atom is -0.508 e. The Kier molecular flexibility index (Phi) is 15.3. The highest BCUT2D eigenvalue weighted by Gasteiger charge is 2.10. The summed E-state index contributed by atoms with van der Waals surface area (Å²) in [6.45, 7) is 4.58. The largest absolute Gasteiger partial charge is 0.508 e. The molecule has 0 radical (unpaired) electrons. The van der Waals surface area contributed by atoms with Gasteiger partial charge in [-0.25, -0.2) is 0 Å². The van der Waals surface area contributed by atoms with Crippen molar-refractivity contribution in [3.05, 3.63) is 29.8 Å². The lowest BCUT2D eigenvalue weighted by Gasteiger charge is -2.17. The number of phenols is 1. The van der Waals surface area contributed by atoms with E-state index < -0.39 is 0 Å². The van der Waals surface area contributed by atoms with Gasteiger partial charge in [0.05, 0.1) is 0 Å². The van der Waals surface area contributed by atoms with Gasteiger partial charge >= 0.3 is 0 Å². The van der Waals surface area contributed by atoms with Gasteiger partial charge in [-0.2, -0.15) is 0 Å². The third-order valence-electron chi connectivity index (χ3n) is 5.89. The molecule has 0 aliphatic carbocycles. The number of rotatable bonds is 18. The molecule has 1 nitrogen and oxygen atoms in total. The van der Waals surface area contributed by atoms with Crippen LogP contribution in [0.4, 0.5) is 0 Å². The average Bonchev–Trinajstić information content (AvgIpc) is 2.68. The predicted octanol–water partition coefficient (Wildman–Crippen LogP) is 8.83. The maximum absolute atomic E-state index is 9.50. The van der Waals surface area contributed by atoms with Crippen molar-refractivity contribution in [2.45, 2.75) is 123 Å². The Balaban J connectivity index is 2.18. The zero-order valence-corrected chi connectivity index (χ0v) is 18.4. The average molecular weight is 375 g/mol. The molecule has 0 saturated carbocycles. The fourth-order valence-electron chi connectivity index (χ4n) is 4.09. The fraction of sp³-hybridized carbons (Fsp3) is 0.769. The Morgan fingerprint density at radius 1 is 0.593 bits per heavy atom. The maximum atomic E-state index is 9.50. The van der Waals surface area contributed by atoms with Crippen LogP contribution >= 0.6 is 0 Å². The van der Waals surface area contributed by atoms with Crippen LogP contribution < -0.4 is 0 Å². The highest BCUT2D eigenvalue weighted by atomic mass is 16.3. The van der Waals surface area contributed by atoms with Gasteiger partial charge in [-0.15, -0.1) is 0 Å². The number of hydrogen-bond donors (Lipinski definition) is 1. The smallest absolute Gasteiger partial charge is 0.115 e. The van der Waals surface area contributed by atoms with Gasteiger partial charge in [-0.3, -0.25) is 0 Å². The summed E-state index contributed by atoms with van der Waals surface area (Å²) in [5, 5.41) is 9.50. The van der Waals surface area contributed by atoms with Crippen molar-refractivity contribution in [1.82, 2.24) is 0 Å². The lowest BCUT2D eigenvalue weighted by atomic mass is 9.89. The van der Waals surface area contributed by atoms with Crippen molar-refractivity contribution < 1.29 is 5.11 Å². The van der Waals surface area contributed by atoms with E-state index in [0.717, 1.165) is 5.92 Å². The highest BCUT2D eigenvalue weighted by Crippen LogP contribution is 2.24. The van der Waals surface area contributed by atoms with Crippen molar-refractivity contribution in [2.24, 2.45) is 5.92 Å². The standard InChI is InChI=1S/C26H46O/c1-3-5-7-9-10-11-12-13-14-16-18-24(17-15-8-6-4-2)23-25-19-21-26(27)22-20-25/h19-22,24,27H,3-18,23H2,1-2H3. The van der Waals surface area contributed by atoms with E-state index in [2.05, 4.69) is 26.0 Å². The van der Waals surface area contributed by atoms with E-state index >= 15 is 0 Å². The van der Waals surface area contributed by atoms with Gasteiger partial charge in [0.15, 0.2) is 0 Å². The van der Waals surface area contributed by atoms with E-state index in [1.165, 1.54) is 115 Å². The van der Waals surface area contributed by atoms with Crippen molar-refractivity contribution in [1.29, 1.82) is 0 Å². The lowest BCUT2D eigenvalue weighted by Crippen LogP contribution is -2.05. The summed E-state index contributed by atoms with van der Waals surface area (Å²) in [7, 11) is 0. The van der Waals surface area contributed by atoms with Crippen molar-refractivity contribution in [2.75, 3.05) is 0 Å². The van der Waals surface area contributed by atoms with Crippen LogP contribution in [0.3, 0.4) is 0 Å². The molecule has 0 amide bonds. The lowest BCUT2D eigenvalue weighted by molar-refractivity contribution is 0.401. The highest BCUT2D eigenvalue weighted by molar-refractivity contribution is 5.26. The summed E-state index contributed by atoms with van der Waals surface area (Å²) < 4.78 is 0. The van der Waals surface area contributed by atoms with Crippen LogP contribution in [0.15, 0.2) is 24.3 Å². The Labute approximate surface area is 170 Å². The second kappa shape index (κ2) is 17.1. The number of benzene rings is 1. The zero-order chi connectivity index (χ0) is 19.6. The Morgan fingerprint density at radius 2 is 1.00 bits per heavy atom. The van der Waals surface area contributed by atoms with E-state index in [-0.39, 0.29) is 0 Å². The summed E-state index contributed by atoms with van der Waals surface area (Å²) in [5.41, 5.74) is 1.39. The summed E-state index contributed by atoms with van der Waals surface area (Å²) in [6, 6.07) is 7.88. The molecular weight excluding hydrogens is 328 g/mol. The van der Waals surface area contributed by atoms with Crippen LogP contribution in [0.2, 0.25) is 0 Å². The van der Waals surface area contributed by atoms with Gasteiger partial charge in [-0.1, -0.05) is 129 Å². The second-order valence-electron chi connectivity index (χ2n) is 8.56. The Bertz CT molecular complexity index is 422. The molecular formula is C26H46O. The van der Waals surface area contributed by atoms with Crippen LogP contribution in [-0.2, 0) is 6.42 Å². The summed E-state index contributed by atoms with van der Waals surface area (Å²) in [5.74, 6) is 1.20. The third kappa shape index (κ3) is 13.8. The van der Waals surface area contributed by atoms with E-state index in [1.807, 2.05) is 12.1 Å². The predicted molar refractivity (Wildman–Crippen MR) is 121 cm³/mol. The molecule has 1 rings (SSSR count). The van der Waals surface area contributed by atoms with Gasteiger partial charge in [0.25, 0.3) is 0 Å². The van der Waals surface area contributed by atoms with Gasteiger partial charge in [-0.05, 0) is 30.0 Å². The first-order valence-corrected chi connectivity index (χ1v) is 12.0. The molecule has 1 N–H and O–H groups in total. The molecule has 27 heavy (non-hydrogen) atoms. The van der Waals surface area contributed by atoms with Crippen LogP contribution in [0.25, 0.3) is 0 Å². The number of unbranched alkanes of at least 4 members (excludes halogenated alkanes) is 12. The van der Waals surface area contributed by atoms with Gasteiger partial charge in [0.1, 0.15) is 5.75 Å². The minimum absolute atomic E-state index is 0.382. The first kappa shape index (κ1) is 24.1. The van der Waals surface area contributed by atoms with Gasteiger partial charge in [0, 0.05) is 0 Å².